The van der Waals surface area contributed by atoms with E-state index in [1.54, 1.807) is 24.3 Å². The van der Waals surface area contributed by atoms with Gasteiger partial charge in [0, 0.05) is 84.7 Å². The minimum atomic E-state index is -0.521. The van der Waals surface area contributed by atoms with Gasteiger partial charge in [0.15, 0.2) is 11.5 Å². The van der Waals surface area contributed by atoms with Crippen LogP contribution in [0.25, 0.3) is 43.1 Å². The summed E-state index contributed by atoms with van der Waals surface area (Å²) in [6.07, 6.45) is 0. The van der Waals surface area contributed by atoms with Crippen LogP contribution in [0.4, 0.5) is 85.3 Å². The fourth-order valence-corrected chi connectivity index (χ4v) is 17.5. The Hall–Kier alpha value is -11.7. The van der Waals surface area contributed by atoms with E-state index in [0.717, 1.165) is 172 Å². The van der Waals surface area contributed by atoms with Crippen molar-refractivity contribution >= 4 is 198 Å². The zero-order valence-electron chi connectivity index (χ0n) is 59.9. The monoisotopic (exact) mass is 1220 g/mol. The number of rotatable bonds is 4. The van der Waals surface area contributed by atoms with Gasteiger partial charge in [0.25, 0.3) is 20.1 Å². The third-order valence-corrected chi connectivity index (χ3v) is 21.4. The van der Waals surface area contributed by atoms with E-state index in [9.17, 15) is 11.0 Å². The highest BCUT2D eigenvalue weighted by molar-refractivity contribution is 7.06. The molecular weight excluding hydrogens is 1150 g/mol. The van der Waals surface area contributed by atoms with E-state index in [2.05, 4.69) is 209 Å². The van der Waals surface area contributed by atoms with Gasteiger partial charge >= 0.3 is 0 Å². The lowest BCUT2D eigenvalue weighted by Crippen LogP contribution is -2.69. The van der Waals surface area contributed by atoms with Gasteiger partial charge in [-0.3, -0.25) is 0 Å². The van der Waals surface area contributed by atoms with Gasteiger partial charge in [-0.1, -0.05) is 221 Å². The van der Waals surface area contributed by atoms with Crippen molar-refractivity contribution in [3.8, 4) is 11.5 Å². The molecule has 0 fully saturated rings. The molecular formula is C86H56B3N5O. The summed E-state index contributed by atoms with van der Waals surface area (Å²) in [5.74, 6) is 1.51. The fourth-order valence-electron chi connectivity index (χ4n) is 17.5. The molecule has 0 radical (unpaired) electrons. The van der Waals surface area contributed by atoms with Crippen LogP contribution >= 0.6 is 0 Å². The molecule has 0 unspecified atom stereocenters. The Bertz CT molecular complexity index is 6420. The van der Waals surface area contributed by atoms with Crippen LogP contribution in [0.5, 0.6) is 11.5 Å². The first-order chi connectivity index (χ1) is 49.9. The van der Waals surface area contributed by atoms with Crippen molar-refractivity contribution in [2.24, 2.45) is 0 Å². The summed E-state index contributed by atoms with van der Waals surface area (Å²) in [5.41, 5.74) is 22.3. The van der Waals surface area contributed by atoms with Crippen LogP contribution in [0.3, 0.4) is 0 Å². The molecule has 0 bridgehead atoms. The summed E-state index contributed by atoms with van der Waals surface area (Å²) in [4.78, 5) is 11.6. The van der Waals surface area contributed by atoms with Crippen molar-refractivity contribution in [1.29, 1.82) is 0 Å². The lowest BCUT2D eigenvalue weighted by molar-refractivity contribution is 0.489. The summed E-state index contributed by atoms with van der Waals surface area (Å²) in [6.45, 7) is 5.29. The maximum absolute atomic E-state index is 9.61. The first kappa shape index (κ1) is 44.8. The van der Waals surface area contributed by atoms with Crippen LogP contribution in [-0.4, -0.2) is 20.1 Å². The van der Waals surface area contributed by atoms with E-state index in [0.29, 0.717) is 22.7 Å². The Kier molecular flexibility index (Phi) is 8.74. The second-order valence-corrected chi connectivity index (χ2v) is 27.3. The van der Waals surface area contributed by atoms with Gasteiger partial charge in [0.2, 0.25) is 0 Å². The summed E-state index contributed by atoms with van der Waals surface area (Å²) in [7, 11) is 0. The lowest BCUT2D eigenvalue weighted by Gasteiger charge is -2.53. The lowest BCUT2D eigenvalue weighted by atomic mass is 9.27. The van der Waals surface area contributed by atoms with E-state index < -0.39 is 18.8 Å². The summed E-state index contributed by atoms with van der Waals surface area (Å²) in [5, 5.41) is 8.21. The van der Waals surface area contributed by atoms with Crippen molar-refractivity contribution in [3.63, 3.8) is 0 Å². The first-order valence-corrected chi connectivity index (χ1v) is 32.7. The number of hydrogen-bond acceptors (Lipinski definition) is 6. The maximum Gasteiger partial charge on any atom is 0.252 e. The topological polar surface area (TPSA) is 25.4 Å². The predicted molar refractivity (Wildman–Crippen MR) is 403 cm³/mol. The van der Waals surface area contributed by atoms with Crippen LogP contribution in [0.1, 0.15) is 37.3 Å². The summed E-state index contributed by atoms with van der Waals surface area (Å²) < 4.78 is 83.1. The molecule has 0 spiro atoms. The Labute approximate surface area is 563 Å². The van der Waals surface area contributed by atoms with Crippen molar-refractivity contribution in [3.05, 3.63) is 290 Å². The van der Waals surface area contributed by atoms with Crippen molar-refractivity contribution in [2.45, 2.75) is 26.2 Å². The molecule has 7 aliphatic rings. The molecule has 440 valence electrons. The van der Waals surface area contributed by atoms with Gasteiger partial charge in [-0.25, -0.2) is 0 Å². The molecule has 7 heterocycles. The molecule has 0 atom stereocenters. The number of fused-ring (bicyclic) bond motifs is 16. The second-order valence-electron chi connectivity index (χ2n) is 27.3. The molecule has 0 aromatic heterocycles. The van der Waals surface area contributed by atoms with Gasteiger partial charge in [-0.2, -0.15) is 0 Å². The molecule has 6 nitrogen and oxygen atoms in total. The third-order valence-electron chi connectivity index (χ3n) is 21.4. The number of benzene rings is 15. The van der Waals surface area contributed by atoms with E-state index in [1.807, 2.05) is 48.5 Å². The first-order valence-electron chi connectivity index (χ1n) is 36.7. The van der Waals surface area contributed by atoms with E-state index >= 15 is 0 Å². The van der Waals surface area contributed by atoms with Crippen molar-refractivity contribution in [1.82, 2.24) is 0 Å². The number of nitrogens with zero attached hydrogens (tertiary/aromatic N) is 5. The summed E-state index contributed by atoms with van der Waals surface area (Å²) in [6, 6.07) is 82.5. The highest BCUT2D eigenvalue weighted by Gasteiger charge is 2.56. The minimum Gasteiger partial charge on any atom is -0.452 e. The van der Waals surface area contributed by atoms with Gasteiger partial charge < -0.3 is 29.2 Å². The number of ether oxygens (including phenoxy) is 1. The molecule has 0 amide bonds. The molecule has 15 aromatic carbocycles. The van der Waals surface area contributed by atoms with Crippen LogP contribution in [0, 0.1) is 0 Å². The third kappa shape index (κ3) is 6.86. The predicted octanol–water partition coefficient (Wildman–Crippen LogP) is 16.5. The van der Waals surface area contributed by atoms with Crippen LogP contribution in [0.2, 0.25) is 0 Å². The van der Waals surface area contributed by atoms with Crippen LogP contribution in [0.15, 0.2) is 285 Å². The molecule has 0 aliphatic carbocycles. The minimum absolute atomic E-state index is 0.173. The SMILES string of the molecule is [2H]c1cc([2H])cc(N2c3cc4c(cc3B3c5cc6ccccc6cc5N(c5cc([2H])cc([2H])c5)c5cc(C(C)(C)C)cc2c53)B2c3cc5ccccc5c5c3N3c6c2c(cc2c6B(c6cc7ccccc7cc6N2c2cc([2H])cc([2H])c2)c2cc6ccccc6c(c23)O5)N4c2cc([2H])cc([2H])c2)c1. The van der Waals surface area contributed by atoms with Gasteiger partial charge in [-0.05, 0) is 177 Å². The molecule has 15 aromatic rings. The molecule has 0 N–H and O–H groups in total. The molecule has 0 saturated heterocycles. The Balaban J connectivity index is 0.932. The Morgan fingerprint density at radius 2 is 0.600 bits per heavy atom. The largest absolute Gasteiger partial charge is 0.452 e. The van der Waals surface area contributed by atoms with Gasteiger partial charge in [-0.15, -0.1) is 0 Å². The van der Waals surface area contributed by atoms with Crippen molar-refractivity contribution < 1.29 is 15.7 Å². The average molecular weight is 1220 g/mol. The quantitative estimate of drug-likeness (QED) is 0.163. The van der Waals surface area contributed by atoms with E-state index in [4.69, 9.17) is 4.74 Å². The molecule has 22 rings (SSSR count). The van der Waals surface area contributed by atoms with Crippen LogP contribution < -0.4 is 78.4 Å². The highest BCUT2D eigenvalue weighted by atomic mass is 16.5. The standard InChI is InChI=1S/C86H56B3N5O/c1-86(2,3)57-46-74-78-75(47-57)92(60-34-12-6-13-35-60)72-49-73-67(48-66(72)87(78)64-40-51-24-16-18-26-53(51)44-70(64)90(74)58-30-8-4-9-31-58)89-69-43-56-29-21-23-39-63(56)85-82(69)94-81-68(42-55-28-20-22-38-62(55)84(81)95-85)88-65-41-52-25-17-19-27-54(52)45-71(65)91(59-32-10-5-11-33-59)76-50-77(80(89)83(94)79(76)88)93(73)61-36-14-7-15-37-61/h4-50H,1-3H3/i8D,9D,10D,11D,12D,13D,14D,15D. The zero-order valence-corrected chi connectivity index (χ0v) is 51.9. The van der Waals surface area contributed by atoms with E-state index in [-0.39, 0.29) is 55.1 Å². The van der Waals surface area contributed by atoms with Gasteiger partial charge in [0.1, 0.15) is 0 Å². The van der Waals surface area contributed by atoms with Crippen LogP contribution in [-0.2, 0) is 5.41 Å². The highest BCUT2D eigenvalue weighted by Crippen LogP contribution is 2.60. The average Bonchev–Trinajstić information content (AvgIpc) is 0.655. The second kappa shape index (κ2) is 18.6. The normalized spacial score (nSPS) is 15.6. The Morgan fingerprint density at radius 3 is 1.00 bits per heavy atom. The maximum atomic E-state index is 9.61. The Morgan fingerprint density at radius 1 is 0.284 bits per heavy atom. The zero-order chi connectivity index (χ0) is 69.2. The smallest absolute Gasteiger partial charge is 0.252 e. The molecule has 7 aliphatic heterocycles. The van der Waals surface area contributed by atoms with Gasteiger partial charge in [0.05, 0.1) is 22.3 Å². The summed E-state index contributed by atoms with van der Waals surface area (Å²) >= 11 is 0. The number of para-hydroxylation sites is 4. The number of anilines is 15. The van der Waals surface area contributed by atoms with Crippen molar-refractivity contribution in [2.75, 3.05) is 24.5 Å². The molecule has 0 saturated carbocycles. The molecule has 95 heavy (non-hydrogen) atoms. The fraction of sp³-hybridized carbons (Fsp3) is 0.0465. The van der Waals surface area contributed by atoms with E-state index in [1.165, 1.54) is 0 Å². The number of hydrogen-bond donors (Lipinski definition) is 0. The molecule has 9 heteroatoms.